The highest BCUT2D eigenvalue weighted by Crippen LogP contribution is 2.20. The van der Waals surface area contributed by atoms with E-state index < -0.39 is 0 Å². The first-order valence-corrected chi connectivity index (χ1v) is 6.58. The van der Waals surface area contributed by atoms with Crippen LogP contribution in [0.5, 0.6) is 0 Å². The minimum Gasteiger partial charge on any atom is -0.385 e. The van der Waals surface area contributed by atoms with Gasteiger partial charge in [0.1, 0.15) is 5.69 Å². The fourth-order valence-electron chi connectivity index (χ4n) is 1.83. The second-order valence-corrected chi connectivity index (χ2v) is 4.37. The van der Waals surface area contributed by atoms with Crippen molar-refractivity contribution in [3.63, 3.8) is 0 Å². The fraction of sp³-hybridized carbons (Fsp3) is 0.429. The van der Waals surface area contributed by atoms with E-state index in [1.807, 2.05) is 16.9 Å². The molecule has 0 spiro atoms. The molecule has 1 aromatic carbocycles. The normalized spacial score (nSPS) is 10.6. The molecule has 1 aromatic heterocycles. The quantitative estimate of drug-likeness (QED) is 0.848. The monoisotopic (exact) mass is 244 g/mol. The van der Waals surface area contributed by atoms with Gasteiger partial charge in [-0.25, -0.2) is 0 Å². The standard InChI is InChI=1S/C14H20N4/c1-3-8-15-13-7-5-6-12(10-13)14-11-18(9-4-2)17-16-14/h5-7,10-11,15H,3-4,8-9H2,1-2H3. The van der Waals surface area contributed by atoms with Crippen molar-refractivity contribution in [1.82, 2.24) is 15.0 Å². The van der Waals surface area contributed by atoms with E-state index in [1.165, 1.54) is 0 Å². The van der Waals surface area contributed by atoms with E-state index in [4.69, 9.17) is 0 Å². The first-order valence-electron chi connectivity index (χ1n) is 6.58. The minimum atomic E-state index is 0.917. The number of hydrogen-bond donors (Lipinski definition) is 1. The molecule has 0 unspecified atom stereocenters. The third-order valence-corrected chi connectivity index (χ3v) is 2.73. The maximum atomic E-state index is 4.21. The number of benzene rings is 1. The largest absolute Gasteiger partial charge is 0.385 e. The Morgan fingerprint density at radius 2 is 2.11 bits per heavy atom. The number of nitrogens with zero attached hydrogens (tertiary/aromatic N) is 3. The van der Waals surface area contributed by atoms with Gasteiger partial charge in [-0.15, -0.1) is 5.10 Å². The summed E-state index contributed by atoms with van der Waals surface area (Å²) in [5, 5.41) is 11.7. The molecule has 18 heavy (non-hydrogen) atoms. The van der Waals surface area contributed by atoms with Gasteiger partial charge in [-0.05, 0) is 25.0 Å². The number of nitrogens with one attached hydrogen (secondary N) is 1. The molecular formula is C14H20N4. The van der Waals surface area contributed by atoms with Gasteiger partial charge in [0.05, 0.1) is 6.20 Å². The summed E-state index contributed by atoms with van der Waals surface area (Å²) in [6, 6.07) is 8.31. The van der Waals surface area contributed by atoms with Gasteiger partial charge < -0.3 is 5.32 Å². The van der Waals surface area contributed by atoms with Crippen LogP contribution in [-0.4, -0.2) is 21.5 Å². The molecular weight excluding hydrogens is 224 g/mol. The van der Waals surface area contributed by atoms with Gasteiger partial charge in [-0.1, -0.05) is 31.2 Å². The number of rotatable bonds is 6. The van der Waals surface area contributed by atoms with E-state index in [1.54, 1.807) is 0 Å². The average Bonchev–Trinajstić information content (AvgIpc) is 2.86. The van der Waals surface area contributed by atoms with Crippen LogP contribution in [0, 0.1) is 0 Å². The molecule has 0 saturated carbocycles. The number of anilines is 1. The molecule has 0 saturated heterocycles. The van der Waals surface area contributed by atoms with Crippen molar-refractivity contribution in [3.05, 3.63) is 30.5 Å². The minimum absolute atomic E-state index is 0.917. The molecule has 4 heteroatoms. The third kappa shape index (κ3) is 3.09. The highest BCUT2D eigenvalue weighted by Gasteiger charge is 2.04. The van der Waals surface area contributed by atoms with E-state index in [0.29, 0.717) is 0 Å². The lowest BCUT2D eigenvalue weighted by molar-refractivity contribution is 0.579. The molecule has 0 aliphatic heterocycles. The molecule has 0 aliphatic carbocycles. The Morgan fingerprint density at radius 1 is 1.22 bits per heavy atom. The Bertz CT molecular complexity index is 490. The summed E-state index contributed by atoms with van der Waals surface area (Å²) in [6.07, 6.45) is 4.19. The second-order valence-electron chi connectivity index (χ2n) is 4.37. The van der Waals surface area contributed by atoms with E-state index in [2.05, 4.69) is 47.7 Å². The molecule has 96 valence electrons. The highest BCUT2D eigenvalue weighted by atomic mass is 15.4. The number of aromatic nitrogens is 3. The van der Waals surface area contributed by atoms with E-state index in [0.717, 1.165) is 42.9 Å². The molecule has 2 rings (SSSR count). The van der Waals surface area contributed by atoms with Crippen molar-refractivity contribution in [2.24, 2.45) is 0 Å². The first kappa shape index (κ1) is 12.6. The summed E-state index contributed by atoms with van der Waals surface area (Å²) >= 11 is 0. The van der Waals surface area contributed by atoms with Gasteiger partial charge in [-0.3, -0.25) is 4.68 Å². The van der Waals surface area contributed by atoms with Crippen LogP contribution >= 0.6 is 0 Å². The highest BCUT2D eigenvalue weighted by molar-refractivity contribution is 5.64. The summed E-state index contributed by atoms with van der Waals surface area (Å²) in [4.78, 5) is 0. The third-order valence-electron chi connectivity index (χ3n) is 2.73. The Morgan fingerprint density at radius 3 is 2.89 bits per heavy atom. The SMILES string of the molecule is CCCNc1cccc(-c2cn(CCC)nn2)c1. The Hall–Kier alpha value is -1.84. The van der Waals surface area contributed by atoms with Crippen molar-refractivity contribution in [3.8, 4) is 11.3 Å². The summed E-state index contributed by atoms with van der Waals surface area (Å²) < 4.78 is 1.89. The van der Waals surface area contributed by atoms with E-state index in [-0.39, 0.29) is 0 Å². The van der Waals surface area contributed by atoms with Crippen LogP contribution < -0.4 is 5.32 Å². The van der Waals surface area contributed by atoms with Crippen molar-refractivity contribution >= 4 is 5.69 Å². The van der Waals surface area contributed by atoms with Crippen molar-refractivity contribution in [1.29, 1.82) is 0 Å². The van der Waals surface area contributed by atoms with Crippen molar-refractivity contribution in [2.45, 2.75) is 33.2 Å². The molecule has 0 amide bonds. The molecule has 0 fully saturated rings. The van der Waals surface area contributed by atoms with Gasteiger partial charge in [0.2, 0.25) is 0 Å². The predicted octanol–water partition coefficient (Wildman–Crippen LogP) is 3.18. The van der Waals surface area contributed by atoms with Crippen LogP contribution in [-0.2, 0) is 6.54 Å². The Balaban J connectivity index is 2.15. The number of aryl methyl sites for hydroxylation is 1. The maximum Gasteiger partial charge on any atom is 0.113 e. The smallest absolute Gasteiger partial charge is 0.113 e. The lowest BCUT2D eigenvalue weighted by atomic mass is 10.1. The zero-order chi connectivity index (χ0) is 12.8. The molecule has 0 aliphatic rings. The molecule has 0 radical (unpaired) electrons. The Labute approximate surface area is 108 Å². The van der Waals surface area contributed by atoms with Crippen LogP contribution in [0.2, 0.25) is 0 Å². The number of hydrogen-bond acceptors (Lipinski definition) is 3. The van der Waals surface area contributed by atoms with E-state index >= 15 is 0 Å². The van der Waals surface area contributed by atoms with Gasteiger partial charge in [0.25, 0.3) is 0 Å². The zero-order valence-electron chi connectivity index (χ0n) is 11.1. The lowest BCUT2D eigenvalue weighted by Gasteiger charge is -2.05. The van der Waals surface area contributed by atoms with Crippen LogP contribution in [0.25, 0.3) is 11.3 Å². The molecule has 1 heterocycles. The van der Waals surface area contributed by atoms with Gasteiger partial charge >= 0.3 is 0 Å². The molecule has 4 nitrogen and oxygen atoms in total. The summed E-state index contributed by atoms with van der Waals surface area (Å²) in [7, 11) is 0. The Kier molecular flexibility index (Phi) is 4.34. The lowest BCUT2D eigenvalue weighted by Crippen LogP contribution is -1.99. The predicted molar refractivity (Wildman–Crippen MR) is 74.5 cm³/mol. The van der Waals surface area contributed by atoms with Gasteiger partial charge in [-0.2, -0.15) is 0 Å². The zero-order valence-corrected chi connectivity index (χ0v) is 11.1. The summed E-state index contributed by atoms with van der Waals surface area (Å²) in [5.74, 6) is 0. The molecule has 0 bridgehead atoms. The topological polar surface area (TPSA) is 42.7 Å². The first-order chi connectivity index (χ1) is 8.83. The van der Waals surface area contributed by atoms with Crippen LogP contribution in [0.4, 0.5) is 5.69 Å². The second kappa shape index (κ2) is 6.19. The summed E-state index contributed by atoms with van der Waals surface area (Å²) in [5.41, 5.74) is 3.18. The van der Waals surface area contributed by atoms with Crippen molar-refractivity contribution < 1.29 is 0 Å². The van der Waals surface area contributed by atoms with Crippen molar-refractivity contribution in [2.75, 3.05) is 11.9 Å². The average molecular weight is 244 g/mol. The molecule has 1 N–H and O–H groups in total. The van der Waals surface area contributed by atoms with Crippen LogP contribution in [0.15, 0.2) is 30.5 Å². The summed E-state index contributed by atoms with van der Waals surface area (Å²) in [6.45, 7) is 6.20. The van der Waals surface area contributed by atoms with Crippen LogP contribution in [0.1, 0.15) is 26.7 Å². The van der Waals surface area contributed by atoms with E-state index in [9.17, 15) is 0 Å². The van der Waals surface area contributed by atoms with Gasteiger partial charge in [0, 0.05) is 24.3 Å². The molecule has 0 atom stereocenters. The van der Waals surface area contributed by atoms with Crippen LogP contribution in [0.3, 0.4) is 0 Å². The van der Waals surface area contributed by atoms with Gasteiger partial charge in [0.15, 0.2) is 0 Å². The molecule has 2 aromatic rings. The fourth-order valence-corrected chi connectivity index (χ4v) is 1.83. The maximum absolute atomic E-state index is 4.21.